The number of aliphatic hydroxyl groups excluding tert-OH is 2. The Labute approximate surface area is 256 Å². The summed E-state index contributed by atoms with van der Waals surface area (Å²) in [6.45, 7) is 3.30. The molecule has 0 radical (unpaired) electrons. The maximum atomic E-state index is 8.56. The second kappa shape index (κ2) is 14.5. The molecule has 4 aromatic carbocycles. The molecule has 4 aromatic rings. The summed E-state index contributed by atoms with van der Waals surface area (Å²) in [7, 11) is 4.37. The van der Waals surface area contributed by atoms with Crippen LogP contribution in [0.1, 0.15) is 20.3 Å². The third-order valence-electron chi connectivity index (χ3n) is 6.95. The normalized spacial score (nSPS) is 14.4. The Morgan fingerprint density at radius 3 is 1.54 bits per heavy atom. The first-order chi connectivity index (χ1) is 19.8. The molecule has 1 heterocycles. The van der Waals surface area contributed by atoms with E-state index in [1.807, 2.05) is 12.1 Å². The average Bonchev–Trinajstić information content (AvgIpc) is 3.30. The van der Waals surface area contributed by atoms with Gasteiger partial charge in [-0.2, -0.15) is 0 Å². The molecule has 2 N–H and O–H groups in total. The second-order valence-electron chi connectivity index (χ2n) is 10.2. The Bertz CT molecular complexity index is 1250. The van der Waals surface area contributed by atoms with Crippen LogP contribution in [-0.2, 0) is 19.4 Å². The fourth-order valence-electron chi connectivity index (χ4n) is 5.06. The molecule has 2 atom stereocenters. The van der Waals surface area contributed by atoms with Gasteiger partial charge in [-0.1, -0.05) is 0 Å². The van der Waals surface area contributed by atoms with E-state index in [1.54, 1.807) is 13.8 Å². The van der Waals surface area contributed by atoms with E-state index in [4.69, 9.17) is 10.2 Å². The monoisotopic (exact) mass is 726 g/mol. The van der Waals surface area contributed by atoms with Gasteiger partial charge in [0, 0.05) is 0 Å². The van der Waals surface area contributed by atoms with E-state index in [2.05, 4.69) is 162 Å². The van der Waals surface area contributed by atoms with E-state index in [0.717, 1.165) is 15.5 Å². The van der Waals surface area contributed by atoms with E-state index in [0.29, 0.717) is 6.42 Å². The van der Waals surface area contributed by atoms with E-state index < -0.39 is 0 Å². The van der Waals surface area contributed by atoms with Crippen LogP contribution in [0.5, 0.6) is 0 Å². The van der Waals surface area contributed by atoms with Crippen LogP contribution in [-0.4, -0.2) is 54.4 Å². The molecule has 9 heteroatoms. The van der Waals surface area contributed by atoms with Gasteiger partial charge in [-0.3, -0.25) is 0 Å². The third kappa shape index (κ3) is 7.51. The zero-order chi connectivity index (χ0) is 29.4. The van der Waals surface area contributed by atoms with Gasteiger partial charge in [-0.25, -0.2) is 0 Å². The molecular formula is C32H37B2N4O2Pt-. The minimum atomic E-state index is -0.375. The molecule has 1 fully saturated rings. The molecule has 0 saturated carbocycles. The summed E-state index contributed by atoms with van der Waals surface area (Å²) in [5.41, 5.74) is 4.54. The first-order valence-corrected chi connectivity index (χ1v) is 14.9. The molecule has 1 saturated heterocycles. The van der Waals surface area contributed by atoms with Crippen molar-refractivity contribution in [3.8, 4) is 0 Å². The minimum absolute atomic E-state index is 0.00360. The molecule has 214 valence electrons. The van der Waals surface area contributed by atoms with Crippen molar-refractivity contribution in [2.75, 3.05) is 33.3 Å². The third-order valence-corrected chi connectivity index (χ3v) is 8.05. The molecule has 41 heavy (non-hydrogen) atoms. The number of nitrogens with zero attached hydrogens (tertiary/aromatic N) is 4. The van der Waals surface area contributed by atoms with Crippen molar-refractivity contribution in [1.82, 2.24) is 0 Å². The molecule has 5 rings (SSSR count). The van der Waals surface area contributed by atoms with Gasteiger partial charge in [-0.05, 0) is 20.3 Å². The van der Waals surface area contributed by atoms with E-state index in [-0.39, 0.29) is 26.0 Å². The number of rotatable bonds is 8. The topological polar surface area (TPSA) is 53.4 Å². The van der Waals surface area contributed by atoms with Gasteiger partial charge in [0.05, 0.1) is 12.2 Å². The number of aliphatic hydroxyl groups is 2. The summed E-state index contributed by atoms with van der Waals surface area (Å²) >= 11 is 2.47. The number of para-hydroxylation sites is 4. The first kappa shape index (κ1) is 30.6. The fourth-order valence-corrected chi connectivity index (χ4v) is 6.23. The van der Waals surface area contributed by atoms with Crippen LogP contribution in [0.15, 0.2) is 115 Å². The molecule has 0 bridgehead atoms. The van der Waals surface area contributed by atoms with Crippen molar-refractivity contribution in [3.63, 3.8) is 0 Å². The fraction of sp³-hybridized carbons (Fsp3) is 0.219. The quantitative estimate of drug-likeness (QED) is 0.199. The number of hydrogen-bond donors (Lipinski definition) is 2. The summed E-state index contributed by atoms with van der Waals surface area (Å²) in [4.78, 5) is 9.57. The van der Waals surface area contributed by atoms with Crippen molar-refractivity contribution in [1.29, 1.82) is 0 Å². The average molecular weight is 726 g/mol. The van der Waals surface area contributed by atoms with Crippen LogP contribution >= 0.6 is 0 Å². The van der Waals surface area contributed by atoms with Gasteiger partial charge < -0.3 is 10.2 Å². The van der Waals surface area contributed by atoms with Crippen molar-refractivity contribution >= 4 is 40.6 Å². The molecule has 0 spiro atoms. The number of hydrogen-bond acceptors (Lipinski definition) is 6. The molecule has 0 aromatic heterocycles. The number of anilines is 4. The standard InChI is InChI=1S/C27H25B2N4.C5H12O2.Pt/c1-30(24-15-7-3-8-16-24)28-29(31(2)25-17-9-4-10-18-25)33(27-21-13-6-14-22-27)23-32(28)26-19-11-5-12-20-26;1-4(6)3-5(2)7;/h3-21H,1-2H3;4-7H,3H2,1-2H3;/q-1;;. The van der Waals surface area contributed by atoms with Crippen LogP contribution in [0, 0.1) is 6.07 Å². The Morgan fingerprint density at radius 2 is 1.12 bits per heavy atom. The molecule has 0 aliphatic carbocycles. The SMILES string of the molecule is CC(O)CC(C)O.CN(B1B(N(C)c2ccccc2)N(c2ccccc2)[C](=[Pt])N1c1[c-]cccc1)c1ccccc1. The van der Waals surface area contributed by atoms with Crippen molar-refractivity contribution < 1.29 is 29.6 Å². The Balaban J connectivity index is 0.000000493. The second-order valence-corrected chi connectivity index (χ2v) is 11.2. The van der Waals surface area contributed by atoms with Gasteiger partial charge in [0.2, 0.25) is 0 Å². The van der Waals surface area contributed by atoms with Gasteiger partial charge in [0.25, 0.3) is 0 Å². The predicted molar refractivity (Wildman–Crippen MR) is 171 cm³/mol. The van der Waals surface area contributed by atoms with E-state index in [1.165, 1.54) is 11.4 Å². The van der Waals surface area contributed by atoms with Crippen molar-refractivity contribution in [3.05, 3.63) is 121 Å². The molecule has 0 amide bonds. The predicted octanol–water partition coefficient (Wildman–Crippen LogP) is 4.91. The Kier molecular flexibility index (Phi) is 10.9. The number of benzene rings is 4. The van der Waals surface area contributed by atoms with Gasteiger partial charge in [0.15, 0.2) is 0 Å². The van der Waals surface area contributed by atoms with Crippen LogP contribution in [0.25, 0.3) is 0 Å². The molecule has 1 aliphatic rings. The molecule has 6 nitrogen and oxygen atoms in total. The first-order valence-electron chi connectivity index (χ1n) is 13.8. The zero-order valence-corrected chi connectivity index (χ0v) is 26.3. The summed E-state index contributed by atoms with van der Waals surface area (Å²) in [5.74, 6) is 0. The summed E-state index contributed by atoms with van der Waals surface area (Å²) in [5, 5.41) is 17.1. The van der Waals surface area contributed by atoms with Gasteiger partial charge >= 0.3 is 215 Å². The van der Waals surface area contributed by atoms with Crippen molar-refractivity contribution in [2.45, 2.75) is 32.5 Å². The zero-order valence-electron chi connectivity index (χ0n) is 24.0. The van der Waals surface area contributed by atoms with Gasteiger partial charge in [-0.15, -0.1) is 0 Å². The summed E-state index contributed by atoms with van der Waals surface area (Å²) in [6.07, 6.45) is -0.278. The molecule has 2 unspecified atom stereocenters. The Morgan fingerprint density at radius 1 is 0.683 bits per heavy atom. The van der Waals surface area contributed by atoms with Crippen LogP contribution in [0.4, 0.5) is 22.7 Å². The molecular weight excluding hydrogens is 689 g/mol. The maximum absolute atomic E-state index is 8.56. The summed E-state index contributed by atoms with van der Waals surface area (Å²) in [6, 6.07) is 43.6. The van der Waals surface area contributed by atoms with Gasteiger partial charge in [0.1, 0.15) is 0 Å². The van der Waals surface area contributed by atoms with Crippen LogP contribution in [0.3, 0.4) is 0 Å². The molecule has 1 aliphatic heterocycles. The van der Waals surface area contributed by atoms with Crippen LogP contribution < -0.4 is 19.2 Å². The van der Waals surface area contributed by atoms with Crippen molar-refractivity contribution in [2.24, 2.45) is 0 Å². The van der Waals surface area contributed by atoms with E-state index >= 15 is 0 Å². The van der Waals surface area contributed by atoms with Crippen LogP contribution in [0.2, 0.25) is 0 Å². The van der Waals surface area contributed by atoms with E-state index in [9.17, 15) is 0 Å². The summed E-state index contributed by atoms with van der Waals surface area (Å²) < 4.78 is 1.13. The Hall–Kier alpha value is -3.31.